The molecule has 1 aliphatic heterocycles. The maximum atomic E-state index is 11.8. The van der Waals surface area contributed by atoms with Gasteiger partial charge in [0.1, 0.15) is 0 Å². The average Bonchev–Trinajstić information content (AvgIpc) is 2.63. The summed E-state index contributed by atoms with van der Waals surface area (Å²) in [7, 11) is 0. The molecule has 1 amide bonds. The summed E-state index contributed by atoms with van der Waals surface area (Å²) in [5.74, 6) is 0.924. The monoisotopic (exact) mass is 196 g/mol. The molecule has 14 heavy (non-hydrogen) atoms. The van der Waals surface area contributed by atoms with Crippen molar-refractivity contribution in [3.05, 3.63) is 0 Å². The van der Waals surface area contributed by atoms with E-state index in [0.29, 0.717) is 6.04 Å². The molecule has 0 aromatic heterocycles. The summed E-state index contributed by atoms with van der Waals surface area (Å²) in [6.45, 7) is 2.72. The van der Waals surface area contributed by atoms with Crippen LogP contribution in [-0.2, 0) is 4.79 Å². The minimum atomic E-state index is -0.325. The number of nitrogens with zero attached hydrogens (tertiary/aromatic N) is 1. The zero-order valence-electron chi connectivity index (χ0n) is 8.91. The first kappa shape index (κ1) is 9.97. The average molecular weight is 196 g/mol. The highest BCUT2D eigenvalue weighted by atomic mass is 16.2. The van der Waals surface area contributed by atoms with Crippen molar-refractivity contribution in [3.8, 4) is 0 Å². The summed E-state index contributed by atoms with van der Waals surface area (Å²) in [6, 6.07) is 0.191. The molecule has 1 saturated heterocycles. The lowest BCUT2D eigenvalue weighted by Crippen LogP contribution is -2.51. The van der Waals surface area contributed by atoms with Crippen LogP contribution in [0.15, 0.2) is 0 Å². The number of rotatable bonds is 1. The van der Waals surface area contributed by atoms with Crippen molar-refractivity contribution in [2.24, 2.45) is 11.7 Å². The molecule has 3 atom stereocenters. The molecule has 1 aliphatic carbocycles. The minimum Gasteiger partial charge on any atom is -0.338 e. The number of carbonyl (C=O) groups excluding carboxylic acids is 1. The van der Waals surface area contributed by atoms with Crippen LogP contribution in [0.2, 0.25) is 0 Å². The third-order valence-corrected chi connectivity index (χ3v) is 3.67. The SMILES string of the molecule is C[C@H](N)C(=O)N1CCC[C@@H]2CCC[C@@H]21. The Kier molecular flexibility index (Phi) is 2.77. The zero-order chi connectivity index (χ0) is 10.1. The number of hydrogen-bond donors (Lipinski definition) is 1. The Hall–Kier alpha value is -0.570. The number of fused-ring (bicyclic) bond motifs is 1. The summed E-state index contributed by atoms with van der Waals surface area (Å²) in [4.78, 5) is 13.9. The summed E-state index contributed by atoms with van der Waals surface area (Å²) in [5, 5.41) is 0. The summed E-state index contributed by atoms with van der Waals surface area (Å²) in [5.41, 5.74) is 5.66. The lowest BCUT2D eigenvalue weighted by molar-refractivity contribution is -0.136. The van der Waals surface area contributed by atoms with Gasteiger partial charge in [-0.05, 0) is 38.5 Å². The van der Waals surface area contributed by atoms with E-state index in [1.54, 1.807) is 6.92 Å². The van der Waals surface area contributed by atoms with Gasteiger partial charge in [-0.2, -0.15) is 0 Å². The molecule has 0 spiro atoms. The molecule has 2 aliphatic rings. The topological polar surface area (TPSA) is 46.3 Å². The van der Waals surface area contributed by atoms with E-state index in [2.05, 4.69) is 0 Å². The second kappa shape index (κ2) is 3.89. The lowest BCUT2D eigenvalue weighted by atomic mass is 9.91. The van der Waals surface area contributed by atoms with Crippen molar-refractivity contribution < 1.29 is 4.79 Å². The van der Waals surface area contributed by atoms with Crippen LogP contribution in [0, 0.1) is 5.92 Å². The van der Waals surface area contributed by atoms with Crippen molar-refractivity contribution in [2.75, 3.05) is 6.54 Å². The van der Waals surface area contributed by atoms with Crippen molar-refractivity contribution in [2.45, 2.75) is 51.1 Å². The van der Waals surface area contributed by atoms with Gasteiger partial charge in [0.25, 0.3) is 0 Å². The van der Waals surface area contributed by atoms with Crippen LogP contribution in [0.25, 0.3) is 0 Å². The van der Waals surface area contributed by atoms with Gasteiger partial charge in [-0.3, -0.25) is 4.79 Å². The van der Waals surface area contributed by atoms with E-state index >= 15 is 0 Å². The van der Waals surface area contributed by atoms with Gasteiger partial charge in [0.2, 0.25) is 5.91 Å². The molecule has 0 unspecified atom stereocenters. The van der Waals surface area contributed by atoms with Crippen LogP contribution < -0.4 is 5.73 Å². The largest absolute Gasteiger partial charge is 0.338 e. The van der Waals surface area contributed by atoms with Gasteiger partial charge in [0, 0.05) is 12.6 Å². The predicted molar refractivity (Wildman–Crippen MR) is 55.7 cm³/mol. The fourth-order valence-corrected chi connectivity index (χ4v) is 2.99. The number of carbonyl (C=O) groups is 1. The highest BCUT2D eigenvalue weighted by Gasteiger charge is 2.37. The normalized spacial score (nSPS) is 34.0. The third-order valence-electron chi connectivity index (χ3n) is 3.67. The zero-order valence-corrected chi connectivity index (χ0v) is 8.91. The Bertz CT molecular complexity index is 227. The second-order valence-electron chi connectivity index (χ2n) is 4.72. The van der Waals surface area contributed by atoms with E-state index in [4.69, 9.17) is 5.73 Å². The molecule has 2 N–H and O–H groups in total. The molecule has 2 fully saturated rings. The summed E-state index contributed by atoms with van der Waals surface area (Å²) in [6.07, 6.45) is 6.28. The van der Waals surface area contributed by atoms with E-state index < -0.39 is 0 Å². The minimum absolute atomic E-state index is 0.154. The number of likely N-dealkylation sites (tertiary alicyclic amines) is 1. The molecule has 0 aromatic rings. The molecule has 3 heteroatoms. The van der Waals surface area contributed by atoms with Gasteiger partial charge in [0.05, 0.1) is 6.04 Å². The van der Waals surface area contributed by atoms with E-state index in [9.17, 15) is 4.79 Å². The first-order chi connectivity index (χ1) is 6.70. The van der Waals surface area contributed by atoms with E-state index in [1.165, 1.54) is 32.1 Å². The maximum absolute atomic E-state index is 11.8. The van der Waals surface area contributed by atoms with Crippen LogP contribution >= 0.6 is 0 Å². The highest BCUT2D eigenvalue weighted by molar-refractivity contribution is 5.81. The number of hydrogen-bond acceptors (Lipinski definition) is 2. The number of amides is 1. The highest BCUT2D eigenvalue weighted by Crippen LogP contribution is 2.36. The first-order valence-corrected chi connectivity index (χ1v) is 5.76. The van der Waals surface area contributed by atoms with Crippen LogP contribution in [0.1, 0.15) is 39.0 Å². The van der Waals surface area contributed by atoms with Crippen LogP contribution in [-0.4, -0.2) is 29.4 Å². The van der Waals surface area contributed by atoms with Gasteiger partial charge >= 0.3 is 0 Å². The number of nitrogens with two attached hydrogens (primary N) is 1. The van der Waals surface area contributed by atoms with Gasteiger partial charge in [0.15, 0.2) is 0 Å². The molecule has 3 nitrogen and oxygen atoms in total. The van der Waals surface area contributed by atoms with Crippen LogP contribution in [0.5, 0.6) is 0 Å². The van der Waals surface area contributed by atoms with Gasteiger partial charge < -0.3 is 10.6 Å². The molecule has 0 radical (unpaired) electrons. The summed E-state index contributed by atoms with van der Waals surface area (Å²) >= 11 is 0. The molecule has 0 aromatic carbocycles. The molecule has 1 heterocycles. The quantitative estimate of drug-likeness (QED) is 0.683. The third kappa shape index (κ3) is 1.65. The van der Waals surface area contributed by atoms with E-state index in [0.717, 1.165) is 12.5 Å². The standard InChI is InChI=1S/C11H20N2O/c1-8(12)11(14)13-7-3-5-9-4-2-6-10(9)13/h8-10H,2-7,12H2,1H3/t8-,9-,10-/m0/s1. The Morgan fingerprint density at radius 1 is 1.36 bits per heavy atom. The van der Waals surface area contributed by atoms with Crippen molar-refractivity contribution >= 4 is 5.91 Å². The molecule has 2 rings (SSSR count). The molecular weight excluding hydrogens is 176 g/mol. The maximum Gasteiger partial charge on any atom is 0.239 e. The Morgan fingerprint density at radius 2 is 2.07 bits per heavy atom. The lowest BCUT2D eigenvalue weighted by Gasteiger charge is -2.38. The van der Waals surface area contributed by atoms with Crippen molar-refractivity contribution in [3.63, 3.8) is 0 Å². The summed E-state index contributed by atoms with van der Waals surface area (Å²) < 4.78 is 0. The van der Waals surface area contributed by atoms with E-state index in [1.807, 2.05) is 4.90 Å². The first-order valence-electron chi connectivity index (χ1n) is 5.76. The van der Waals surface area contributed by atoms with Crippen molar-refractivity contribution in [1.29, 1.82) is 0 Å². The molecular formula is C11H20N2O. The number of piperidine rings is 1. The Labute approximate surface area is 85.6 Å². The predicted octanol–water partition coefficient (Wildman–Crippen LogP) is 1.12. The second-order valence-corrected chi connectivity index (χ2v) is 4.72. The Balaban J connectivity index is 2.06. The fraction of sp³-hybridized carbons (Fsp3) is 0.909. The fourth-order valence-electron chi connectivity index (χ4n) is 2.99. The van der Waals surface area contributed by atoms with E-state index in [-0.39, 0.29) is 11.9 Å². The van der Waals surface area contributed by atoms with Crippen molar-refractivity contribution in [1.82, 2.24) is 4.90 Å². The molecule has 0 bridgehead atoms. The van der Waals surface area contributed by atoms with Crippen LogP contribution in [0.4, 0.5) is 0 Å². The van der Waals surface area contributed by atoms with Crippen LogP contribution in [0.3, 0.4) is 0 Å². The van der Waals surface area contributed by atoms with Gasteiger partial charge in [-0.15, -0.1) is 0 Å². The molecule has 1 saturated carbocycles. The van der Waals surface area contributed by atoms with Gasteiger partial charge in [-0.1, -0.05) is 6.42 Å². The smallest absolute Gasteiger partial charge is 0.239 e. The Morgan fingerprint density at radius 3 is 2.79 bits per heavy atom. The van der Waals surface area contributed by atoms with Gasteiger partial charge in [-0.25, -0.2) is 0 Å². The molecule has 80 valence electrons.